The van der Waals surface area contributed by atoms with Crippen LogP contribution in [0.5, 0.6) is 0 Å². The molecule has 0 radical (unpaired) electrons. The number of carbonyl (C=O) groups excluding carboxylic acids is 1. The van der Waals surface area contributed by atoms with Crippen molar-refractivity contribution in [1.29, 1.82) is 0 Å². The van der Waals surface area contributed by atoms with Crippen LogP contribution in [0.15, 0.2) is 16.7 Å². The number of pyridine rings is 1. The monoisotopic (exact) mass is 306 g/mol. The van der Waals surface area contributed by atoms with Gasteiger partial charge in [0.1, 0.15) is 11.9 Å². The molecule has 1 aromatic rings. The van der Waals surface area contributed by atoms with E-state index in [1.165, 1.54) is 6.20 Å². The van der Waals surface area contributed by atoms with Crippen LogP contribution in [0.4, 0.5) is 5.82 Å². The van der Waals surface area contributed by atoms with E-state index in [9.17, 15) is 4.79 Å². The maximum atomic E-state index is 11.4. The summed E-state index contributed by atoms with van der Waals surface area (Å²) in [5.74, 6) is 0.246. The van der Waals surface area contributed by atoms with Gasteiger partial charge in [-0.2, -0.15) is 0 Å². The Balaban J connectivity index is 2.69. The van der Waals surface area contributed by atoms with Gasteiger partial charge in [-0.25, -0.2) is 9.78 Å². The molecule has 0 aliphatic heterocycles. The Morgan fingerprint density at radius 1 is 1.75 bits per heavy atom. The summed E-state index contributed by atoms with van der Waals surface area (Å²) in [5, 5.41) is 3.46. The van der Waals surface area contributed by atoms with E-state index in [-0.39, 0.29) is 5.97 Å². The highest BCUT2D eigenvalue weighted by Gasteiger charge is 2.15. The molecule has 0 aliphatic rings. The molecule has 1 aromatic heterocycles. The molecule has 1 heterocycles. The maximum Gasteiger partial charge on any atom is 0.328 e. The first-order valence-electron chi connectivity index (χ1n) is 4.78. The number of rotatable bonds is 4. The molecule has 4 nitrogen and oxygen atoms in total. The molecule has 1 atom stereocenters. The first-order valence-corrected chi connectivity index (χ1v) is 5.96. The molecular formula is C10H12BrClN2O2. The van der Waals surface area contributed by atoms with E-state index < -0.39 is 6.04 Å². The summed E-state index contributed by atoms with van der Waals surface area (Å²) in [6, 6.07) is 1.25. The normalized spacial score (nSPS) is 12.0. The average molecular weight is 308 g/mol. The molecular weight excluding hydrogens is 295 g/mol. The Hall–Kier alpha value is -0.810. The molecule has 1 rings (SSSR count). The maximum absolute atomic E-state index is 11.4. The Labute approximate surface area is 107 Å². The third-order valence-electron chi connectivity index (χ3n) is 1.80. The summed E-state index contributed by atoms with van der Waals surface area (Å²) in [4.78, 5) is 15.4. The SMILES string of the molecule is CCOC(=O)C(C)Nc1ncc(Cl)cc1Br. The zero-order chi connectivity index (χ0) is 12.1. The molecule has 0 spiro atoms. The number of esters is 1. The van der Waals surface area contributed by atoms with Gasteiger partial charge in [0.2, 0.25) is 0 Å². The van der Waals surface area contributed by atoms with Crippen LogP contribution >= 0.6 is 27.5 Å². The Morgan fingerprint density at radius 3 is 3.00 bits per heavy atom. The van der Waals surface area contributed by atoms with Crippen LogP contribution in [0.3, 0.4) is 0 Å². The highest BCUT2D eigenvalue weighted by molar-refractivity contribution is 9.10. The molecule has 1 unspecified atom stereocenters. The largest absolute Gasteiger partial charge is 0.464 e. The van der Waals surface area contributed by atoms with Gasteiger partial charge in [0.05, 0.1) is 16.1 Å². The number of anilines is 1. The molecule has 0 saturated carbocycles. The molecule has 6 heteroatoms. The number of aromatic nitrogens is 1. The van der Waals surface area contributed by atoms with E-state index in [0.29, 0.717) is 21.9 Å². The van der Waals surface area contributed by atoms with Crippen LogP contribution in [0, 0.1) is 0 Å². The second-order valence-corrected chi connectivity index (χ2v) is 4.39. The fraction of sp³-hybridized carbons (Fsp3) is 0.400. The van der Waals surface area contributed by atoms with Gasteiger partial charge in [0.15, 0.2) is 0 Å². The number of halogens is 2. The van der Waals surface area contributed by atoms with Crippen molar-refractivity contribution < 1.29 is 9.53 Å². The van der Waals surface area contributed by atoms with Crippen molar-refractivity contribution >= 4 is 39.3 Å². The summed E-state index contributed by atoms with van der Waals surface area (Å²) in [5.41, 5.74) is 0. The van der Waals surface area contributed by atoms with Crippen molar-refractivity contribution in [1.82, 2.24) is 4.98 Å². The molecule has 0 aliphatic carbocycles. The Bertz CT molecular complexity index is 387. The summed E-state index contributed by atoms with van der Waals surface area (Å²) in [6.45, 7) is 3.84. The lowest BCUT2D eigenvalue weighted by molar-refractivity contribution is -0.143. The van der Waals surface area contributed by atoms with Crippen molar-refractivity contribution in [2.45, 2.75) is 19.9 Å². The summed E-state index contributed by atoms with van der Waals surface area (Å²) < 4.78 is 5.57. The Morgan fingerprint density at radius 2 is 2.44 bits per heavy atom. The quantitative estimate of drug-likeness (QED) is 0.869. The molecule has 1 N–H and O–H groups in total. The van der Waals surface area contributed by atoms with Crippen LogP contribution in [-0.4, -0.2) is 23.6 Å². The van der Waals surface area contributed by atoms with Gasteiger partial charge in [0, 0.05) is 6.20 Å². The second-order valence-electron chi connectivity index (χ2n) is 3.10. The number of hydrogen-bond acceptors (Lipinski definition) is 4. The number of nitrogens with one attached hydrogen (secondary N) is 1. The standard InChI is InChI=1S/C10H12BrClN2O2/c1-3-16-10(15)6(2)14-9-8(11)4-7(12)5-13-9/h4-6H,3H2,1-2H3,(H,13,14). The second kappa shape index (κ2) is 6.06. The highest BCUT2D eigenvalue weighted by Crippen LogP contribution is 2.23. The smallest absolute Gasteiger partial charge is 0.328 e. The predicted octanol–water partition coefficient (Wildman–Crippen LogP) is 2.86. The minimum Gasteiger partial charge on any atom is -0.464 e. The van der Waals surface area contributed by atoms with Crippen LogP contribution in [0.1, 0.15) is 13.8 Å². The lowest BCUT2D eigenvalue weighted by Gasteiger charge is -2.14. The number of hydrogen-bond donors (Lipinski definition) is 1. The lowest BCUT2D eigenvalue weighted by Crippen LogP contribution is -2.28. The van der Waals surface area contributed by atoms with Gasteiger partial charge < -0.3 is 10.1 Å². The minimum absolute atomic E-state index is 0.314. The zero-order valence-corrected chi connectivity index (χ0v) is 11.3. The van der Waals surface area contributed by atoms with Crippen LogP contribution in [-0.2, 0) is 9.53 Å². The molecule has 0 saturated heterocycles. The van der Waals surface area contributed by atoms with Gasteiger partial charge in [0.25, 0.3) is 0 Å². The molecule has 88 valence electrons. The van der Waals surface area contributed by atoms with Gasteiger partial charge in [-0.05, 0) is 35.8 Å². The lowest BCUT2D eigenvalue weighted by atomic mass is 10.3. The highest BCUT2D eigenvalue weighted by atomic mass is 79.9. The first kappa shape index (κ1) is 13.3. The van der Waals surface area contributed by atoms with E-state index in [1.54, 1.807) is 19.9 Å². The summed E-state index contributed by atoms with van der Waals surface area (Å²) >= 11 is 9.06. The van der Waals surface area contributed by atoms with E-state index >= 15 is 0 Å². The average Bonchev–Trinajstić information content (AvgIpc) is 2.22. The van der Waals surface area contributed by atoms with E-state index in [2.05, 4.69) is 26.2 Å². The van der Waals surface area contributed by atoms with Crippen molar-refractivity contribution in [2.24, 2.45) is 0 Å². The summed E-state index contributed by atoms with van der Waals surface area (Å²) in [6.07, 6.45) is 1.51. The van der Waals surface area contributed by atoms with E-state index in [1.807, 2.05) is 0 Å². The molecule has 0 bridgehead atoms. The molecule has 0 fully saturated rings. The first-order chi connectivity index (χ1) is 7.54. The van der Waals surface area contributed by atoms with Gasteiger partial charge >= 0.3 is 5.97 Å². The fourth-order valence-electron chi connectivity index (χ4n) is 1.05. The van der Waals surface area contributed by atoms with Crippen molar-refractivity contribution in [2.75, 3.05) is 11.9 Å². The number of carbonyl (C=O) groups is 1. The van der Waals surface area contributed by atoms with Crippen LogP contribution in [0.25, 0.3) is 0 Å². The Kier molecular flexibility index (Phi) is 5.02. The van der Waals surface area contributed by atoms with Crippen molar-refractivity contribution in [3.63, 3.8) is 0 Å². The van der Waals surface area contributed by atoms with Gasteiger partial charge in [-0.15, -0.1) is 0 Å². The molecule has 16 heavy (non-hydrogen) atoms. The minimum atomic E-state index is -0.454. The number of nitrogens with zero attached hydrogens (tertiary/aromatic N) is 1. The number of ether oxygens (including phenoxy) is 1. The molecule has 0 amide bonds. The van der Waals surface area contributed by atoms with Gasteiger partial charge in [-0.1, -0.05) is 11.6 Å². The van der Waals surface area contributed by atoms with Crippen LogP contribution < -0.4 is 5.32 Å². The topological polar surface area (TPSA) is 51.2 Å². The van der Waals surface area contributed by atoms with Gasteiger partial charge in [-0.3, -0.25) is 0 Å². The zero-order valence-electron chi connectivity index (χ0n) is 8.96. The van der Waals surface area contributed by atoms with Crippen LogP contribution in [0.2, 0.25) is 5.02 Å². The third kappa shape index (κ3) is 3.64. The predicted molar refractivity (Wildman–Crippen MR) is 66.7 cm³/mol. The van der Waals surface area contributed by atoms with Crippen molar-refractivity contribution in [3.8, 4) is 0 Å². The fourth-order valence-corrected chi connectivity index (χ4v) is 1.81. The third-order valence-corrected chi connectivity index (χ3v) is 2.61. The summed E-state index contributed by atoms with van der Waals surface area (Å²) in [7, 11) is 0. The molecule has 0 aromatic carbocycles. The van der Waals surface area contributed by atoms with E-state index in [4.69, 9.17) is 16.3 Å². The van der Waals surface area contributed by atoms with E-state index in [0.717, 1.165) is 0 Å². The van der Waals surface area contributed by atoms with Crippen molar-refractivity contribution in [3.05, 3.63) is 21.8 Å².